The number of aliphatic hydroxyl groups excluding tert-OH is 1. The Morgan fingerprint density at radius 3 is 2.58 bits per heavy atom. The molecular weight excluding hydrogens is 248 g/mol. The van der Waals surface area contributed by atoms with E-state index in [9.17, 15) is 14.7 Å². The summed E-state index contributed by atoms with van der Waals surface area (Å²) in [5, 5.41) is 18.8. The zero-order chi connectivity index (χ0) is 14.0. The maximum absolute atomic E-state index is 12.5. The monoisotopic (exact) mass is 270 g/mol. The van der Waals surface area contributed by atoms with Gasteiger partial charge in [0.1, 0.15) is 6.04 Å². The molecule has 0 aromatic carbocycles. The second-order valence-corrected chi connectivity index (χ2v) is 5.57. The normalized spacial score (nSPS) is 32.2. The molecule has 2 N–H and O–H groups in total. The van der Waals surface area contributed by atoms with Crippen molar-refractivity contribution in [2.75, 3.05) is 13.1 Å². The average Bonchev–Trinajstić information content (AvgIpc) is 2.62. The number of carboxylic acid groups (broad SMARTS) is 1. The fourth-order valence-electron chi connectivity index (χ4n) is 2.98. The van der Waals surface area contributed by atoms with Crippen LogP contribution in [0.2, 0.25) is 0 Å². The summed E-state index contributed by atoms with van der Waals surface area (Å²) >= 11 is 0. The lowest BCUT2D eigenvalue weighted by Gasteiger charge is -2.33. The lowest BCUT2D eigenvalue weighted by Crippen LogP contribution is -2.50. The SMILES string of the molecule is CC1CCCCCN1C(=O)N1CC(O)CC1C(=O)O. The van der Waals surface area contributed by atoms with E-state index in [1.165, 1.54) is 4.90 Å². The lowest BCUT2D eigenvalue weighted by atomic mass is 10.1. The molecule has 19 heavy (non-hydrogen) atoms. The van der Waals surface area contributed by atoms with E-state index in [1.54, 1.807) is 4.90 Å². The predicted octanol–water partition coefficient (Wildman–Crippen LogP) is 0.891. The molecule has 2 aliphatic heterocycles. The van der Waals surface area contributed by atoms with E-state index in [0.29, 0.717) is 6.54 Å². The Bertz CT molecular complexity index is 361. The summed E-state index contributed by atoms with van der Waals surface area (Å²) in [5.74, 6) is -1.03. The fourth-order valence-corrected chi connectivity index (χ4v) is 2.98. The van der Waals surface area contributed by atoms with E-state index in [4.69, 9.17) is 5.11 Å². The number of carbonyl (C=O) groups is 2. The van der Waals surface area contributed by atoms with Gasteiger partial charge in [-0.15, -0.1) is 0 Å². The third-order valence-corrected chi connectivity index (χ3v) is 4.11. The quantitative estimate of drug-likeness (QED) is 0.741. The van der Waals surface area contributed by atoms with Gasteiger partial charge in [0.05, 0.1) is 6.10 Å². The van der Waals surface area contributed by atoms with Crippen LogP contribution in [0.1, 0.15) is 39.0 Å². The van der Waals surface area contributed by atoms with Crippen molar-refractivity contribution >= 4 is 12.0 Å². The van der Waals surface area contributed by atoms with Gasteiger partial charge >= 0.3 is 12.0 Å². The molecule has 2 amide bonds. The number of carboxylic acids is 1. The maximum Gasteiger partial charge on any atom is 0.326 e. The average molecular weight is 270 g/mol. The molecule has 2 heterocycles. The van der Waals surface area contributed by atoms with Gasteiger partial charge in [-0.2, -0.15) is 0 Å². The first-order valence-corrected chi connectivity index (χ1v) is 6.99. The third kappa shape index (κ3) is 3.00. The van der Waals surface area contributed by atoms with Crippen LogP contribution in [0.25, 0.3) is 0 Å². The van der Waals surface area contributed by atoms with Crippen LogP contribution in [-0.4, -0.2) is 63.3 Å². The standard InChI is InChI=1S/C13H22N2O4/c1-9-5-3-2-4-6-14(9)13(19)15-8-10(16)7-11(15)12(17)18/h9-11,16H,2-8H2,1H3,(H,17,18). The Hall–Kier alpha value is -1.30. The van der Waals surface area contributed by atoms with E-state index in [1.807, 2.05) is 6.92 Å². The highest BCUT2D eigenvalue weighted by Gasteiger charge is 2.41. The Morgan fingerprint density at radius 2 is 1.89 bits per heavy atom. The van der Waals surface area contributed by atoms with Crippen molar-refractivity contribution < 1.29 is 19.8 Å². The number of aliphatic carboxylic acids is 1. The minimum absolute atomic E-state index is 0.124. The van der Waals surface area contributed by atoms with Gasteiger partial charge < -0.3 is 20.0 Å². The summed E-state index contributed by atoms with van der Waals surface area (Å²) in [7, 11) is 0. The van der Waals surface area contributed by atoms with Crippen LogP contribution in [-0.2, 0) is 4.79 Å². The van der Waals surface area contributed by atoms with Crippen LogP contribution in [0.5, 0.6) is 0 Å². The van der Waals surface area contributed by atoms with E-state index in [0.717, 1.165) is 25.7 Å². The van der Waals surface area contributed by atoms with E-state index in [-0.39, 0.29) is 25.0 Å². The van der Waals surface area contributed by atoms with Crippen LogP contribution in [0, 0.1) is 0 Å². The van der Waals surface area contributed by atoms with Crippen molar-refractivity contribution in [2.24, 2.45) is 0 Å². The summed E-state index contributed by atoms with van der Waals surface area (Å²) in [5.41, 5.74) is 0. The van der Waals surface area contributed by atoms with E-state index >= 15 is 0 Å². The number of β-amino-alcohol motifs (C(OH)–C–C–N with tert-alkyl or cyclic N) is 1. The van der Waals surface area contributed by atoms with Crippen molar-refractivity contribution in [3.8, 4) is 0 Å². The molecule has 2 saturated heterocycles. The Balaban J connectivity index is 2.10. The Labute approximate surface area is 113 Å². The number of hydrogen-bond donors (Lipinski definition) is 2. The number of carbonyl (C=O) groups excluding carboxylic acids is 1. The second-order valence-electron chi connectivity index (χ2n) is 5.57. The molecule has 3 unspecified atom stereocenters. The summed E-state index contributed by atoms with van der Waals surface area (Å²) < 4.78 is 0. The Morgan fingerprint density at radius 1 is 1.16 bits per heavy atom. The smallest absolute Gasteiger partial charge is 0.326 e. The van der Waals surface area contributed by atoms with E-state index < -0.39 is 18.1 Å². The molecular formula is C13H22N2O4. The first kappa shape index (κ1) is 14.1. The first-order chi connectivity index (χ1) is 9.00. The second kappa shape index (κ2) is 5.77. The minimum atomic E-state index is -1.03. The molecule has 0 aliphatic carbocycles. The van der Waals surface area contributed by atoms with Crippen molar-refractivity contribution in [1.29, 1.82) is 0 Å². The van der Waals surface area contributed by atoms with Gasteiger partial charge in [0.15, 0.2) is 0 Å². The van der Waals surface area contributed by atoms with Crippen LogP contribution in [0.3, 0.4) is 0 Å². The first-order valence-electron chi connectivity index (χ1n) is 6.99. The van der Waals surface area contributed by atoms with Crippen LogP contribution < -0.4 is 0 Å². The Kier molecular flexibility index (Phi) is 4.29. The number of aliphatic hydroxyl groups is 1. The van der Waals surface area contributed by atoms with Crippen LogP contribution in [0.4, 0.5) is 4.79 Å². The molecule has 0 aromatic heterocycles. The van der Waals surface area contributed by atoms with Gasteiger partial charge in [0, 0.05) is 25.6 Å². The van der Waals surface area contributed by atoms with Crippen LogP contribution in [0.15, 0.2) is 0 Å². The molecule has 108 valence electrons. The molecule has 3 atom stereocenters. The summed E-state index contributed by atoms with van der Waals surface area (Å²) in [6.07, 6.45) is 3.54. The number of likely N-dealkylation sites (tertiary alicyclic amines) is 2. The summed E-state index contributed by atoms with van der Waals surface area (Å²) in [4.78, 5) is 26.8. The minimum Gasteiger partial charge on any atom is -0.480 e. The van der Waals surface area contributed by atoms with Crippen molar-refractivity contribution in [3.63, 3.8) is 0 Å². The molecule has 0 saturated carbocycles. The zero-order valence-electron chi connectivity index (χ0n) is 11.3. The molecule has 0 radical (unpaired) electrons. The van der Waals surface area contributed by atoms with Gasteiger partial charge in [-0.05, 0) is 19.8 Å². The maximum atomic E-state index is 12.5. The van der Waals surface area contributed by atoms with Crippen molar-refractivity contribution in [2.45, 2.75) is 57.2 Å². The van der Waals surface area contributed by atoms with Crippen LogP contribution >= 0.6 is 0 Å². The molecule has 0 aromatic rings. The lowest BCUT2D eigenvalue weighted by molar-refractivity contribution is -0.141. The highest BCUT2D eigenvalue weighted by Crippen LogP contribution is 2.23. The molecule has 0 spiro atoms. The summed E-state index contributed by atoms with van der Waals surface area (Å²) in [6, 6.07) is -0.988. The van der Waals surface area contributed by atoms with Crippen molar-refractivity contribution in [1.82, 2.24) is 9.80 Å². The van der Waals surface area contributed by atoms with Gasteiger partial charge in [-0.3, -0.25) is 0 Å². The van der Waals surface area contributed by atoms with Gasteiger partial charge in [0.2, 0.25) is 0 Å². The molecule has 0 bridgehead atoms. The topological polar surface area (TPSA) is 81.1 Å². The number of amides is 2. The molecule has 2 aliphatic rings. The third-order valence-electron chi connectivity index (χ3n) is 4.11. The van der Waals surface area contributed by atoms with Gasteiger partial charge in [-0.25, -0.2) is 9.59 Å². The molecule has 6 nitrogen and oxygen atoms in total. The fraction of sp³-hybridized carbons (Fsp3) is 0.846. The van der Waals surface area contributed by atoms with Gasteiger partial charge in [0.25, 0.3) is 0 Å². The highest BCUT2D eigenvalue weighted by molar-refractivity contribution is 5.83. The number of hydrogen-bond acceptors (Lipinski definition) is 3. The number of urea groups is 1. The van der Waals surface area contributed by atoms with Gasteiger partial charge in [-0.1, -0.05) is 12.8 Å². The highest BCUT2D eigenvalue weighted by atomic mass is 16.4. The predicted molar refractivity (Wildman–Crippen MR) is 68.8 cm³/mol. The molecule has 2 fully saturated rings. The summed E-state index contributed by atoms with van der Waals surface area (Å²) in [6.45, 7) is 2.81. The van der Waals surface area contributed by atoms with Crippen molar-refractivity contribution in [3.05, 3.63) is 0 Å². The molecule has 2 rings (SSSR count). The number of nitrogens with zero attached hydrogens (tertiary/aromatic N) is 2. The molecule has 6 heteroatoms. The van der Waals surface area contributed by atoms with E-state index in [2.05, 4.69) is 0 Å². The number of rotatable bonds is 1. The largest absolute Gasteiger partial charge is 0.480 e. The zero-order valence-corrected chi connectivity index (χ0v) is 11.3.